The molecule has 1 aromatic carbocycles. The van der Waals surface area contributed by atoms with Crippen molar-refractivity contribution in [3.8, 4) is 5.75 Å². The molecule has 3 rings (SSSR count). The zero-order valence-corrected chi connectivity index (χ0v) is 15.7. The Bertz CT molecular complexity index is 1060. The fraction of sp³-hybridized carbons (Fsp3) is 0.316. The van der Waals surface area contributed by atoms with E-state index in [1.54, 1.807) is 19.9 Å². The van der Waals surface area contributed by atoms with E-state index in [2.05, 4.69) is 4.84 Å². The molecule has 2 aromatic rings. The molecule has 0 saturated carbocycles. The van der Waals surface area contributed by atoms with E-state index in [9.17, 15) is 28.1 Å². The van der Waals surface area contributed by atoms with Crippen LogP contribution in [0.3, 0.4) is 0 Å². The third kappa shape index (κ3) is 4.25. The first-order valence-corrected chi connectivity index (χ1v) is 8.55. The third-order valence-electron chi connectivity index (χ3n) is 4.36. The maximum absolute atomic E-state index is 13.2. The van der Waals surface area contributed by atoms with Gasteiger partial charge in [-0.25, -0.2) is 0 Å². The monoisotopic (exact) mass is 410 g/mol. The summed E-state index contributed by atoms with van der Waals surface area (Å²) >= 11 is 0. The van der Waals surface area contributed by atoms with Crippen LogP contribution < -0.4 is 10.3 Å². The van der Waals surface area contributed by atoms with Gasteiger partial charge < -0.3 is 9.57 Å². The number of aromatic nitrogens is 1. The summed E-state index contributed by atoms with van der Waals surface area (Å²) in [5.74, 6) is 0.210. The van der Waals surface area contributed by atoms with Crippen LogP contribution in [0.4, 0.5) is 13.2 Å². The molecule has 0 aliphatic carbocycles. The molecule has 154 valence electrons. The number of benzene rings is 1. The van der Waals surface area contributed by atoms with E-state index < -0.39 is 34.1 Å². The minimum atomic E-state index is -4.56. The Kier molecular flexibility index (Phi) is 4.89. The summed E-state index contributed by atoms with van der Waals surface area (Å²) in [6.07, 6.45) is -2.64. The van der Waals surface area contributed by atoms with Gasteiger partial charge in [0.15, 0.2) is 0 Å². The first-order chi connectivity index (χ1) is 13.4. The normalized spacial score (nSPS) is 16.3. The fourth-order valence-corrected chi connectivity index (χ4v) is 3.05. The van der Waals surface area contributed by atoms with E-state index in [1.165, 1.54) is 29.8 Å². The topological polar surface area (TPSA) is 83.6 Å². The molecule has 1 aliphatic rings. The van der Waals surface area contributed by atoms with Crippen LogP contribution in [-0.2, 0) is 11.0 Å². The van der Waals surface area contributed by atoms with Crippen LogP contribution in [0.15, 0.2) is 47.4 Å². The minimum absolute atomic E-state index is 0.114. The average Bonchev–Trinajstić information content (AvgIpc) is 2.58. The summed E-state index contributed by atoms with van der Waals surface area (Å²) in [6, 6.07) is 5.64. The number of rotatable bonds is 4. The zero-order chi connectivity index (χ0) is 21.6. The van der Waals surface area contributed by atoms with Crippen LogP contribution in [0, 0.1) is 10.1 Å². The lowest BCUT2D eigenvalue weighted by Crippen LogP contribution is -2.32. The molecule has 1 aliphatic heterocycles. The Hall–Kier alpha value is -3.30. The number of alkyl halides is 3. The molecule has 0 amide bonds. The van der Waals surface area contributed by atoms with Gasteiger partial charge in [0, 0.05) is 17.8 Å². The number of fused-ring (bicyclic) bond motifs is 1. The zero-order valence-electron chi connectivity index (χ0n) is 15.7. The van der Waals surface area contributed by atoms with Gasteiger partial charge in [-0.05, 0) is 56.7 Å². The molecule has 0 fully saturated rings. The van der Waals surface area contributed by atoms with E-state index in [4.69, 9.17) is 4.74 Å². The molecule has 0 saturated heterocycles. The van der Waals surface area contributed by atoms with Crippen LogP contribution in [-0.4, -0.2) is 15.3 Å². The maximum atomic E-state index is 13.2. The van der Waals surface area contributed by atoms with Crippen LogP contribution in [0.25, 0.3) is 5.70 Å². The van der Waals surface area contributed by atoms with Crippen LogP contribution >= 0.6 is 0 Å². The second kappa shape index (κ2) is 6.94. The minimum Gasteiger partial charge on any atom is -0.483 e. The van der Waals surface area contributed by atoms with E-state index in [-0.39, 0.29) is 22.6 Å². The highest BCUT2D eigenvalue weighted by molar-refractivity contribution is 5.74. The molecule has 29 heavy (non-hydrogen) atoms. The van der Waals surface area contributed by atoms with E-state index in [1.807, 2.05) is 0 Å². The van der Waals surface area contributed by atoms with Gasteiger partial charge in [-0.1, -0.05) is 0 Å². The predicted molar refractivity (Wildman–Crippen MR) is 96.7 cm³/mol. The van der Waals surface area contributed by atoms with Crippen molar-refractivity contribution in [1.82, 2.24) is 4.57 Å². The number of pyridine rings is 1. The molecule has 1 atom stereocenters. The lowest BCUT2D eigenvalue weighted by atomic mass is 9.97. The average molecular weight is 410 g/mol. The predicted octanol–water partition coefficient (Wildman–Crippen LogP) is 4.20. The second-order valence-corrected chi connectivity index (χ2v) is 7.08. The first kappa shape index (κ1) is 20.4. The van der Waals surface area contributed by atoms with Gasteiger partial charge in [-0.2, -0.15) is 13.2 Å². The molecular formula is C19H17F3N2O5. The van der Waals surface area contributed by atoms with Crippen molar-refractivity contribution in [3.63, 3.8) is 0 Å². The van der Waals surface area contributed by atoms with Gasteiger partial charge in [0.1, 0.15) is 17.5 Å². The van der Waals surface area contributed by atoms with E-state index >= 15 is 0 Å². The van der Waals surface area contributed by atoms with Crippen LogP contribution in [0.2, 0.25) is 0 Å². The molecular weight excluding hydrogens is 393 g/mol. The molecule has 10 heteroatoms. The summed E-state index contributed by atoms with van der Waals surface area (Å²) in [7, 11) is 0. The van der Waals surface area contributed by atoms with Gasteiger partial charge >= 0.3 is 6.18 Å². The second-order valence-electron chi connectivity index (χ2n) is 7.08. The van der Waals surface area contributed by atoms with Crippen molar-refractivity contribution >= 4 is 5.70 Å². The Balaban J connectivity index is 2.12. The van der Waals surface area contributed by atoms with E-state index in [0.29, 0.717) is 0 Å². The number of halogens is 3. The standard InChI is InChI=1S/C19H17F3N2O5/c1-11(29-24(26)27)12-6-7-23(17(25)8-12)15-10-18(2,3)28-16-5-4-13(9-14(15)16)19(20,21)22/h4-11H,1-3H3. The number of hydrogen-bond donors (Lipinski definition) is 0. The maximum Gasteiger partial charge on any atom is 0.416 e. The summed E-state index contributed by atoms with van der Waals surface area (Å²) in [6.45, 7) is 4.82. The van der Waals surface area contributed by atoms with Gasteiger partial charge in [-0.15, -0.1) is 10.1 Å². The molecule has 7 nitrogen and oxygen atoms in total. The number of nitrogens with zero attached hydrogens (tertiary/aromatic N) is 2. The van der Waals surface area contributed by atoms with Gasteiger partial charge in [0.05, 0.1) is 11.3 Å². The highest BCUT2D eigenvalue weighted by Gasteiger charge is 2.34. The first-order valence-electron chi connectivity index (χ1n) is 8.55. The molecule has 1 aromatic heterocycles. The van der Waals surface area contributed by atoms with Crippen LogP contribution in [0.5, 0.6) is 5.75 Å². The summed E-state index contributed by atoms with van der Waals surface area (Å²) < 4.78 is 46.4. The molecule has 0 radical (unpaired) electrons. The smallest absolute Gasteiger partial charge is 0.416 e. The molecule has 0 N–H and O–H groups in total. The van der Waals surface area contributed by atoms with Crippen molar-refractivity contribution < 1.29 is 27.8 Å². The number of hydrogen-bond acceptors (Lipinski definition) is 5. The molecule has 2 heterocycles. The molecule has 0 bridgehead atoms. The van der Waals surface area contributed by atoms with Crippen molar-refractivity contribution in [3.05, 3.63) is 79.8 Å². The Morgan fingerprint density at radius 2 is 1.93 bits per heavy atom. The largest absolute Gasteiger partial charge is 0.483 e. The van der Waals surface area contributed by atoms with Gasteiger partial charge in [0.2, 0.25) is 0 Å². The summed E-state index contributed by atoms with van der Waals surface area (Å²) in [5, 5.41) is 9.53. The highest BCUT2D eigenvalue weighted by Crippen LogP contribution is 2.40. The Morgan fingerprint density at radius 3 is 2.52 bits per heavy atom. The molecule has 0 spiro atoms. The third-order valence-corrected chi connectivity index (χ3v) is 4.36. The Morgan fingerprint density at radius 1 is 1.24 bits per heavy atom. The van der Waals surface area contributed by atoms with Crippen LogP contribution in [0.1, 0.15) is 43.6 Å². The summed E-state index contributed by atoms with van der Waals surface area (Å²) in [5.41, 5.74) is -1.72. The molecule has 1 unspecified atom stereocenters. The van der Waals surface area contributed by atoms with Crippen molar-refractivity contribution in [2.45, 2.75) is 38.7 Å². The fourth-order valence-electron chi connectivity index (χ4n) is 3.05. The summed E-state index contributed by atoms with van der Waals surface area (Å²) in [4.78, 5) is 27.6. The quantitative estimate of drug-likeness (QED) is 0.557. The van der Waals surface area contributed by atoms with E-state index in [0.717, 1.165) is 18.2 Å². The lowest BCUT2D eigenvalue weighted by molar-refractivity contribution is -0.770. The van der Waals surface area contributed by atoms with Gasteiger partial charge in [0.25, 0.3) is 10.6 Å². The highest BCUT2D eigenvalue weighted by atomic mass is 19.4. The van der Waals surface area contributed by atoms with Crippen molar-refractivity contribution in [1.29, 1.82) is 0 Å². The van der Waals surface area contributed by atoms with Crippen molar-refractivity contribution in [2.75, 3.05) is 0 Å². The lowest BCUT2D eigenvalue weighted by Gasteiger charge is -2.32. The number of ether oxygens (including phenoxy) is 1. The van der Waals surface area contributed by atoms with Crippen molar-refractivity contribution in [2.24, 2.45) is 0 Å². The van der Waals surface area contributed by atoms with Gasteiger partial charge in [-0.3, -0.25) is 9.36 Å². The SMILES string of the molecule is CC(O[N+](=O)[O-])c1ccn(C2=CC(C)(C)Oc3ccc(C(F)(F)F)cc32)c(=O)c1. The Labute approximate surface area is 163 Å².